The van der Waals surface area contributed by atoms with Crippen molar-refractivity contribution in [3.05, 3.63) is 101 Å². The molecular weight excluding hydrogens is 599 g/mol. The molecule has 1 saturated carbocycles. The quantitative estimate of drug-likeness (QED) is 0.210. The van der Waals surface area contributed by atoms with Gasteiger partial charge >= 0.3 is 0 Å². The molecule has 7 nitrogen and oxygen atoms in total. The Labute approximate surface area is 269 Å². The van der Waals surface area contributed by atoms with E-state index in [0.29, 0.717) is 29.7 Å². The molecule has 1 amide bonds. The van der Waals surface area contributed by atoms with E-state index in [-0.39, 0.29) is 12.0 Å². The van der Waals surface area contributed by atoms with Crippen LogP contribution in [0.4, 0.5) is 5.69 Å². The van der Waals surface area contributed by atoms with Crippen LogP contribution < -0.4 is 14.4 Å². The van der Waals surface area contributed by atoms with E-state index < -0.39 is 11.4 Å². The van der Waals surface area contributed by atoms with E-state index in [1.165, 1.54) is 5.56 Å². The van der Waals surface area contributed by atoms with Crippen molar-refractivity contribution in [1.82, 2.24) is 4.90 Å². The van der Waals surface area contributed by atoms with Crippen LogP contribution in [0.3, 0.4) is 0 Å². The van der Waals surface area contributed by atoms with Crippen LogP contribution in [0.2, 0.25) is 10.0 Å². The van der Waals surface area contributed by atoms with Crippen molar-refractivity contribution >= 4 is 34.8 Å². The summed E-state index contributed by atoms with van der Waals surface area (Å²) in [4.78, 5) is 17.1. The first-order chi connectivity index (χ1) is 21.3. The smallest absolute Gasteiger partial charge is 0.222 e. The minimum atomic E-state index is -0.944. The predicted octanol–water partition coefficient (Wildman–Crippen LogP) is 7.04. The van der Waals surface area contributed by atoms with E-state index in [2.05, 4.69) is 35.7 Å². The fourth-order valence-corrected chi connectivity index (χ4v) is 6.56. The second-order valence-corrected chi connectivity index (χ2v) is 12.6. The summed E-state index contributed by atoms with van der Waals surface area (Å²) < 4.78 is 24.3. The number of hydrogen-bond donors (Lipinski definition) is 0. The standard InChI is InChI=1S/C35H38Cl2N2O5/c1-3-21-41-28-12-7-25(8-13-28)5-4-6-33(40)39-19-17-38(18-20-39)27-10-14-29(15-11-27)43-32-23-35(32)24-42-34(2,44-35)30-16-9-26(36)22-31(30)37/h3,7-16,22,32H,1,4-6,17-21,23-24H2,2H3/t32-,34-,35+/m0/s1. The molecule has 1 spiro atoms. The summed E-state index contributed by atoms with van der Waals surface area (Å²) in [6, 6.07) is 21.6. The molecule has 6 rings (SSSR count). The molecule has 2 aliphatic heterocycles. The van der Waals surface area contributed by atoms with Crippen LogP contribution in [0.5, 0.6) is 11.5 Å². The Bertz CT molecular complexity index is 1480. The number of carbonyl (C=O) groups is 1. The highest BCUT2D eigenvalue weighted by atomic mass is 35.5. The molecule has 0 unspecified atom stereocenters. The van der Waals surface area contributed by atoms with Gasteiger partial charge in [-0.1, -0.05) is 54.1 Å². The first-order valence-corrected chi connectivity index (χ1v) is 15.9. The Morgan fingerprint density at radius 1 is 1.02 bits per heavy atom. The zero-order chi connectivity index (χ0) is 30.7. The van der Waals surface area contributed by atoms with Gasteiger partial charge in [0, 0.05) is 55.3 Å². The molecule has 3 aromatic carbocycles. The average Bonchev–Trinajstić information content (AvgIpc) is 3.57. The molecule has 1 aliphatic carbocycles. The number of carbonyl (C=O) groups excluding carboxylic acids is 1. The largest absolute Gasteiger partial charge is 0.490 e. The first-order valence-electron chi connectivity index (χ1n) is 15.2. The van der Waals surface area contributed by atoms with Crippen molar-refractivity contribution < 1.29 is 23.7 Å². The van der Waals surface area contributed by atoms with Crippen molar-refractivity contribution in [2.75, 3.05) is 44.3 Å². The van der Waals surface area contributed by atoms with Crippen molar-refractivity contribution in [2.24, 2.45) is 0 Å². The van der Waals surface area contributed by atoms with Gasteiger partial charge in [0.05, 0.1) is 11.6 Å². The monoisotopic (exact) mass is 636 g/mol. The van der Waals surface area contributed by atoms with Gasteiger partial charge in [-0.3, -0.25) is 4.79 Å². The summed E-state index contributed by atoms with van der Waals surface area (Å²) in [7, 11) is 0. The highest BCUT2D eigenvalue weighted by Crippen LogP contribution is 2.54. The van der Waals surface area contributed by atoms with Gasteiger partial charge in [0.1, 0.15) is 29.8 Å². The number of amides is 1. The van der Waals surface area contributed by atoms with Gasteiger partial charge in [-0.15, -0.1) is 0 Å². The van der Waals surface area contributed by atoms with E-state index >= 15 is 0 Å². The molecule has 3 fully saturated rings. The molecule has 0 radical (unpaired) electrons. The van der Waals surface area contributed by atoms with Gasteiger partial charge in [-0.05, 0) is 73.9 Å². The topological polar surface area (TPSA) is 60.5 Å². The van der Waals surface area contributed by atoms with Crippen LogP contribution >= 0.6 is 23.2 Å². The molecule has 0 aromatic heterocycles. The highest BCUT2D eigenvalue weighted by molar-refractivity contribution is 6.35. The zero-order valence-electron chi connectivity index (χ0n) is 25.0. The third kappa shape index (κ3) is 6.86. The lowest BCUT2D eigenvalue weighted by atomic mass is 10.1. The van der Waals surface area contributed by atoms with Crippen LogP contribution in [-0.2, 0) is 26.5 Å². The zero-order valence-corrected chi connectivity index (χ0v) is 26.5. The van der Waals surface area contributed by atoms with E-state index in [9.17, 15) is 4.79 Å². The number of piperazine rings is 1. The molecule has 3 atom stereocenters. The Hall–Kier alpha value is -3.23. The van der Waals surface area contributed by atoms with Crippen LogP contribution in [0.25, 0.3) is 0 Å². The molecule has 232 valence electrons. The highest BCUT2D eigenvalue weighted by Gasteiger charge is 2.66. The van der Waals surface area contributed by atoms with Crippen molar-refractivity contribution in [3.8, 4) is 11.5 Å². The lowest BCUT2D eigenvalue weighted by molar-refractivity contribution is -0.169. The van der Waals surface area contributed by atoms with E-state index in [1.54, 1.807) is 18.2 Å². The number of nitrogens with zero attached hydrogens (tertiary/aromatic N) is 2. The van der Waals surface area contributed by atoms with Crippen LogP contribution in [0.15, 0.2) is 79.4 Å². The lowest BCUT2D eigenvalue weighted by Gasteiger charge is -2.36. The summed E-state index contributed by atoms with van der Waals surface area (Å²) in [5, 5.41) is 1.09. The molecular formula is C35H38Cl2N2O5. The predicted molar refractivity (Wildman–Crippen MR) is 173 cm³/mol. The van der Waals surface area contributed by atoms with Crippen molar-refractivity contribution in [3.63, 3.8) is 0 Å². The van der Waals surface area contributed by atoms with Gasteiger partial charge in [0.15, 0.2) is 5.79 Å². The molecule has 9 heteroatoms. The Balaban J connectivity index is 0.931. The number of rotatable bonds is 11. The molecule has 2 saturated heterocycles. The molecule has 3 aliphatic rings. The summed E-state index contributed by atoms with van der Waals surface area (Å²) in [5.74, 6) is 0.912. The minimum absolute atomic E-state index is 0.0912. The fourth-order valence-electron chi connectivity index (χ4n) is 5.98. The SMILES string of the molecule is C=CCOc1ccc(CCCC(=O)N2CCN(c3ccc(O[C@H]4C[C@@]45CO[C@](C)(c4ccc(Cl)cc4Cl)O5)cc3)CC2)cc1. The summed E-state index contributed by atoms with van der Waals surface area (Å²) in [5.41, 5.74) is 2.61. The molecule has 0 N–H and O–H groups in total. The van der Waals surface area contributed by atoms with E-state index in [1.807, 2.05) is 42.2 Å². The molecule has 44 heavy (non-hydrogen) atoms. The summed E-state index contributed by atoms with van der Waals surface area (Å²) in [6.07, 6.45) is 4.66. The number of halogens is 2. The number of anilines is 1. The minimum Gasteiger partial charge on any atom is -0.490 e. The van der Waals surface area contributed by atoms with Crippen molar-refractivity contribution in [2.45, 2.75) is 50.1 Å². The maximum Gasteiger partial charge on any atom is 0.222 e. The maximum atomic E-state index is 12.8. The summed E-state index contributed by atoms with van der Waals surface area (Å²) in [6.45, 7) is 9.55. The number of aryl methyl sites for hydroxylation is 1. The maximum absolute atomic E-state index is 12.8. The Morgan fingerprint density at radius 3 is 2.45 bits per heavy atom. The third-order valence-corrected chi connectivity index (χ3v) is 9.18. The summed E-state index contributed by atoms with van der Waals surface area (Å²) >= 11 is 12.5. The Morgan fingerprint density at radius 2 is 1.75 bits per heavy atom. The second-order valence-electron chi connectivity index (χ2n) is 11.8. The van der Waals surface area contributed by atoms with Gasteiger partial charge in [-0.25, -0.2) is 0 Å². The Kier molecular flexibility index (Phi) is 9.11. The lowest BCUT2D eigenvalue weighted by Crippen LogP contribution is -2.48. The van der Waals surface area contributed by atoms with Gasteiger partial charge in [0.25, 0.3) is 0 Å². The van der Waals surface area contributed by atoms with Gasteiger partial charge in [0.2, 0.25) is 5.91 Å². The fraction of sp³-hybridized carbons (Fsp3) is 0.400. The van der Waals surface area contributed by atoms with E-state index in [4.69, 9.17) is 42.1 Å². The van der Waals surface area contributed by atoms with Crippen LogP contribution in [0.1, 0.15) is 37.3 Å². The average molecular weight is 638 g/mol. The van der Waals surface area contributed by atoms with Gasteiger partial charge < -0.3 is 28.7 Å². The second kappa shape index (κ2) is 13.0. The van der Waals surface area contributed by atoms with E-state index in [0.717, 1.165) is 68.2 Å². The van der Waals surface area contributed by atoms with Crippen molar-refractivity contribution in [1.29, 1.82) is 0 Å². The molecule has 2 heterocycles. The molecule has 3 aromatic rings. The normalized spacial score (nSPS) is 24.4. The van der Waals surface area contributed by atoms with Crippen LogP contribution in [0, 0.1) is 0 Å². The molecule has 0 bridgehead atoms. The first kappa shape index (κ1) is 30.8. The van der Waals surface area contributed by atoms with Gasteiger partial charge in [-0.2, -0.15) is 0 Å². The number of ether oxygens (including phenoxy) is 4. The van der Waals surface area contributed by atoms with Crippen LogP contribution in [-0.4, -0.2) is 61.9 Å². The number of hydrogen-bond acceptors (Lipinski definition) is 6. The third-order valence-electron chi connectivity index (χ3n) is 8.63. The number of benzene rings is 3.